The Kier molecular flexibility index (Phi) is 5.98. The third-order valence-corrected chi connectivity index (χ3v) is 5.91. The van der Waals surface area contributed by atoms with Crippen molar-refractivity contribution in [1.82, 2.24) is 0 Å². The first kappa shape index (κ1) is 18.6. The number of hydrogen-bond acceptors (Lipinski definition) is 1. The monoisotopic (exact) mass is 348 g/mol. The van der Waals surface area contributed by atoms with Crippen molar-refractivity contribution < 1.29 is 43.9 Å². The summed E-state index contributed by atoms with van der Waals surface area (Å²) in [6.45, 7) is -0.0826. The van der Waals surface area contributed by atoms with Crippen LogP contribution >= 0.6 is 0 Å². The van der Waals surface area contributed by atoms with E-state index in [0.717, 1.165) is 0 Å². The third-order valence-electron chi connectivity index (χ3n) is 3.20. The lowest BCUT2D eigenvalue weighted by Crippen LogP contribution is -2.61. The highest BCUT2D eigenvalue weighted by Crippen LogP contribution is 2.45. The Morgan fingerprint density at radius 1 is 0.857 bits per heavy atom. The minimum absolute atomic E-state index is 0.0826. The SMILES string of the molecule is FC(F)C(F)C(F)C(F)(F)C(F)(F)C(F)[SiH]1CCCCO1. The third kappa shape index (κ3) is 3.66. The van der Waals surface area contributed by atoms with Crippen LogP contribution in [0, 0.1) is 0 Å². The fraction of sp³-hybridized carbons (Fsp3) is 1.00. The van der Waals surface area contributed by atoms with E-state index in [1.165, 1.54) is 0 Å². The molecule has 126 valence electrons. The zero-order valence-corrected chi connectivity index (χ0v) is 11.7. The summed E-state index contributed by atoms with van der Waals surface area (Å²) in [6.07, 6.45) is -12.1. The molecule has 1 fully saturated rings. The number of rotatable bonds is 6. The summed E-state index contributed by atoms with van der Waals surface area (Å²) in [5.74, 6) is -15.0. The first-order valence-corrected chi connectivity index (χ1v) is 8.06. The van der Waals surface area contributed by atoms with Gasteiger partial charge >= 0.3 is 11.8 Å². The van der Waals surface area contributed by atoms with Gasteiger partial charge in [0.2, 0.25) is 15.2 Å². The van der Waals surface area contributed by atoms with E-state index in [-0.39, 0.29) is 12.7 Å². The predicted octanol–water partition coefficient (Wildman–Crippen LogP) is 3.61. The Morgan fingerprint density at radius 2 is 1.43 bits per heavy atom. The van der Waals surface area contributed by atoms with Gasteiger partial charge in [-0.25, -0.2) is 22.0 Å². The number of halogens is 9. The molecule has 1 heterocycles. The van der Waals surface area contributed by atoms with Crippen LogP contribution in [0.25, 0.3) is 0 Å². The average Bonchev–Trinajstić information content (AvgIpc) is 2.45. The van der Waals surface area contributed by atoms with Crippen molar-refractivity contribution in [3.8, 4) is 0 Å². The van der Waals surface area contributed by atoms with E-state index in [1.807, 2.05) is 0 Å². The molecule has 1 aliphatic heterocycles. The van der Waals surface area contributed by atoms with E-state index in [9.17, 15) is 39.5 Å². The van der Waals surface area contributed by atoms with Gasteiger partial charge in [0.15, 0.2) is 12.0 Å². The molecule has 0 aromatic heterocycles. The second kappa shape index (κ2) is 6.76. The van der Waals surface area contributed by atoms with Crippen molar-refractivity contribution in [2.24, 2.45) is 0 Å². The molecular formula is C10H13F9OSi. The van der Waals surface area contributed by atoms with Gasteiger partial charge in [-0.3, -0.25) is 0 Å². The second-order valence-electron chi connectivity index (χ2n) is 4.73. The van der Waals surface area contributed by atoms with Crippen molar-refractivity contribution in [3.05, 3.63) is 0 Å². The molecule has 0 aromatic carbocycles. The highest BCUT2D eigenvalue weighted by Gasteiger charge is 2.70. The average molecular weight is 348 g/mol. The maximum Gasteiger partial charge on any atom is 0.346 e. The molecule has 0 saturated carbocycles. The van der Waals surface area contributed by atoms with Crippen LogP contribution in [0.3, 0.4) is 0 Å². The summed E-state index contributed by atoms with van der Waals surface area (Å²) >= 11 is 0. The lowest BCUT2D eigenvalue weighted by molar-refractivity contribution is -0.267. The molecular weight excluding hydrogens is 335 g/mol. The molecule has 0 amide bonds. The quantitative estimate of drug-likeness (QED) is 0.526. The molecule has 0 aromatic rings. The standard InChI is InChI=1S/C10H13F9OSi/c11-5(7(13)14)6(12)9(16,17)10(18,19)8(15)21-4-2-1-3-20-21/h5-8,21H,1-4H2. The Hall–Kier alpha value is -0.453. The molecule has 0 aliphatic carbocycles. The summed E-state index contributed by atoms with van der Waals surface area (Å²) in [5, 5.41) is 0. The smallest absolute Gasteiger partial charge is 0.346 e. The van der Waals surface area contributed by atoms with Crippen molar-refractivity contribution in [2.75, 3.05) is 6.61 Å². The van der Waals surface area contributed by atoms with Crippen LogP contribution in [0.5, 0.6) is 0 Å². The number of alkyl halides is 9. The first-order valence-electron chi connectivity index (χ1n) is 6.11. The molecule has 0 spiro atoms. The van der Waals surface area contributed by atoms with Crippen molar-refractivity contribution >= 4 is 9.04 Å². The Labute approximate surface area is 116 Å². The van der Waals surface area contributed by atoms with Gasteiger partial charge in [-0.05, 0) is 12.5 Å². The van der Waals surface area contributed by atoms with Crippen LogP contribution in [0.4, 0.5) is 39.5 Å². The maximum atomic E-state index is 13.6. The van der Waals surface area contributed by atoms with Crippen LogP contribution in [0.1, 0.15) is 12.8 Å². The summed E-state index contributed by atoms with van der Waals surface area (Å²) in [5.41, 5.74) is 0. The van der Waals surface area contributed by atoms with Gasteiger partial charge in [0.25, 0.3) is 6.43 Å². The van der Waals surface area contributed by atoms with Gasteiger partial charge in [-0.15, -0.1) is 0 Å². The van der Waals surface area contributed by atoms with E-state index in [1.54, 1.807) is 0 Å². The van der Waals surface area contributed by atoms with Gasteiger partial charge in [-0.2, -0.15) is 17.6 Å². The fourth-order valence-corrected chi connectivity index (χ4v) is 4.40. The molecule has 4 atom stereocenters. The molecule has 1 saturated heterocycles. The molecule has 1 aliphatic rings. The van der Waals surface area contributed by atoms with Crippen molar-refractivity contribution in [2.45, 2.75) is 55.3 Å². The highest BCUT2D eigenvalue weighted by atomic mass is 28.3. The van der Waals surface area contributed by atoms with Gasteiger partial charge in [0, 0.05) is 6.61 Å². The molecule has 1 rings (SSSR count). The van der Waals surface area contributed by atoms with Crippen LogP contribution in [-0.2, 0) is 4.43 Å². The van der Waals surface area contributed by atoms with Crippen LogP contribution in [0.15, 0.2) is 0 Å². The summed E-state index contributed by atoms with van der Waals surface area (Å²) in [7, 11) is -3.42. The Bertz CT molecular complexity index is 334. The first-order chi connectivity index (χ1) is 9.53. The van der Waals surface area contributed by atoms with E-state index in [2.05, 4.69) is 0 Å². The van der Waals surface area contributed by atoms with Crippen LogP contribution < -0.4 is 0 Å². The zero-order valence-electron chi connectivity index (χ0n) is 10.5. The lowest BCUT2D eigenvalue weighted by Gasteiger charge is -2.35. The molecule has 0 bridgehead atoms. The summed E-state index contributed by atoms with van der Waals surface area (Å²) in [6, 6.07) is -0.169. The molecule has 1 nitrogen and oxygen atoms in total. The predicted molar refractivity (Wildman–Crippen MR) is 57.7 cm³/mol. The minimum atomic E-state index is -5.89. The molecule has 21 heavy (non-hydrogen) atoms. The van der Waals surface area contributed by atoms with E-state index >= 15 is 0 Å². The lowest BCUT2D eigenvalue weighted by atomic mass is 10.0. The molecule has 11 heteroatoms. The normalized spacial score (nSPS) is 25.7. The van der Waals surface area contributed by atoms with Crippen molar-refractivity contribution in [3.63, 3.8) is 0 Å². The maximum absolute atomic E-state index is 13.6. The van der Waals surface area contributed by atoms with Crippen molar-refractivity contribution in [1.29, 1.82) is 0 Å². The van der Waals surface area contributed by atoms with Gasteiger partial charge in [0.1, 0.15) is 0 Å². The number of hydrogen-bond donors (Lipinski definition) is 0. The Morgan fingerprint density at radius 3 is 1.86 bits per heavy atom. The van der Waals surface area contributed by atoms with Gasteiger partial charge in [-0.1, -0.05) is 6.42 Å². The fourth-order valence-electron chi connectivity index (χ4n) is 1.93. The topological polar surface area (TPSA) is 9.23 Å². The second-order valence-corrected chi connectivity index (χ2v) is 7.31. The van der Waals surface area contributed by atoms with Gasteiger partial charge < -0.3 is 4.43 Å². The van der Waals surface area contributed by atoms with Gasteiger partial charge in [0.05, 0.1) is 0 Å². The van der Waals surface area contributed by atoms with E-state index < -0.39 is 45.4 Å². The Balaban J connectivity index is 2.91. The minimum Gasteiger partial charge on any atom is -0.417 e. The summed E-state index contributed by atoms with van der Waals surface area (Å²) < 4.78 is 121. The van der Waals surface area contributed by atoms with E-state index in [4.69, 9.17) is 4.43 Å². The molecule has 4 unspecified atom stereocenters. The van der Waals surface area contributed by atoms with E-state index in [0.29, 0.717) is 12.8 Å². The molecule has 0 radical (unpaired) electrons. The molecule has 0 N–H and O–H groups in total. The zero-order chi connectivity index (χ0) is 16.4. The van der Waals surface area contributed by atoms with Crippen LogP contribution in [-0.4, -0.2) is 52.1 Å². The highest BCUT2D eigenvalue weighted by molar-refractivity contribution is 6.53. The van der Waals surface area contributed by atoms with Crippen LogP contribution in [0.2, 0.25) is 6.04 Å². The summed E-state index contributed by atoms with van der Waals surface area (Å²) in [4.78, 5) is 0. The largest absolute Gasteiger partial charge is 0.417 e.